The summed E-state index contributed by atoms with van der Waals surface area (Å²) in [7, 11) is 0. The quantitative estimate of drug-likeness (QED) is 0.804. The van der Waals surface area contributed by atoms with Crippen molar-refractivity contribution in [3.8, 4) is 16.9 Å². The van der Waals surface area contributed by atoms with Crippen molar-refractivity contribution < 1.29 is 14.4 Å². The molecule has 0 saturated heterocycles. The number of hydrogen-bond donors (Lipinski definition) is 1. The maximum absolute atomic E-state index is 11.5. The minimum atomic E-state index is -0.963. The summed E-state index contributed by atoms with van der Waals surface area (Å²) in [6, 6.07) is 9.52. The van der Waals surface area contributed by atoms with Crippen LogP contribution in [0.5, 0.6) is 0 Å². The number of aromatic nitrogens is 3. The Morgan fingerprint density at radius 1 is 1.22 bits per heavy atom. The highest BCUT2D eigenvalue weighted by Crippen LogP contribution is 2.28. The first-order chi connectivity index (χ1) is 11.2. The number of carbonyl (C=O) groups is 1. The minimum absolute atomic E-state index is 0.173. The van der Waals surface area contributed by atoms with E-state index in [4.69, 9.17) is 4.52 Å². The summed E-state index contributed by atoms with van der Waals surface area (Å²) >= 11 is 0. The van der Waals surface area contributed by atoms with E-state index in [-0.39, 0.29) is 5.69 Å². The van der Waals surface area contributed by atoms with Crippen LogP contribution in [0.4, 0.5) is 0 Å². The third-order valence-corrected chi connectivity index (χ3v) is 4.21. The Kier molecular flexibility index (Phi) is 3.22. The van der Waals surface area contributed by atoms with Gasteiger partial charge in [-0.05, 0) is 37.8 Å². The first-order valence-corrected chi connectivity index (χ1v) is 7.59. The molecule has 0 bridgehead atoms. The van der Waals surface area contributed by atoms with Crippen molar-refractivity contribution >= 4 is 5.97 Å². The van der Waals surface area contributed by atoms with Crippen molar-refractivity contribution in [1.82, 2.24) is 14.9 Å². The second-order valence-electron chi connectivity index (χ2n) is 5.63. The molecular formula is C17H15N3O3. The van der Waals surface area contributed by atoms with Gasteiger partial charge < -0.3 is 9.63 Å². The van der Waals surface area contributed by atoms with Crippen LogP contribution in [-0.4, -0.2) is 26.0 Å². The molecule has 116 valence electrons. The number of nitrogens with zero attached hydrogens (tertiary/aromatic N) is 3. The van der Waals surface area contributed by atoms with E-state index < -0.39 is 5.97 Å². The summed E-state index contributed by atoms with van der Waals surface area (Å²) in [5.41, 5.74) is 4.55. The van der Waals surface area contributed by atoms with Crippen molar-refractivity contribution in [3.63, 3.8) is 0 Å². The zero-order valence-electron chi connectivity index (χ0n) is 12.4. The second-order valence-corrected chi connectivity index (χ2v) is 5.63. The average molecular weight is 309 g/mol. The highest BCUT2D eigenvalue weighted by Gasteiger charge is 2.25. The lowest BCUT2D eigenvalue weighted by Crippen LogP contribution is -2.08. The average Bonchev–Trinajstić information content (AvgIpc) is 3.23. The molecule has 0 amide bonds. The molecule has 1 aromatic carbocycles. The van der Waals surface area contributed by atoms with Gasteiger partial charge >= 0.3 is 5.97 Å². The molecule has 3 aromatic rings. The molecule has 1 N–H and O–H groups in total. The summed E-state index contributed by atoms with van der Waals surface area (Å²) in [4.78, 5) is 11.5. The fourth-order valence-electron chi connectivity index (χ4n) is 3.14. The summed E-state index contributed by atoms with van der Waals surface area (Å²) in [5.74, 6) is -0.963. The van der Waals surface area contributed by atoms with Gasteiger partial charge in [-0.15, -0.1) is 0 Å². The van der Waals surface area contributed by atoms with E-state index in [0.717, 1.165) is 53.9 Å². The number of aromatic carboxylic acids is 1. The van der Waals surface area contributed by atoms with Gasteiger partial charge in [0.25, 0.3) is 0 Å². The molecule has 2 heterocycles. The Hall–Kier alpha value is -2.89. The van der Waals surface area contributed by atoms with E-state index in [1.165, 1.54) is 6.26 Å². The van der Waals surface area contributed by atoms with Gasteiger partial charge in [-0.25, -0.2) is 9.48 Å². The van der Waals surface area contributed by atoms with Crippen molar-refractivity contribution in [1.29, 1.82) is 0 Å². The maximum Gasteiger partial charge on any atom is 0.356 e. The molecule has 0 spiro atoms. The van der Waals surface area contributed by atoms with Crippen molar-refractivity contribution in [2.75, 3.05) is 0 Å². The molecule has 0 saturated carbocycles. The van der Waals surface area contributed by atoms with E-state index in [9.17, 15) is 9.90 Å². The first kappa shape index (κ1) is 13.8. The molecule has 6 nitrogen and oxygen atoms in total. The normalized spacial score (nSPS) is 13.7. The number of hydrogen-bond acceptors (Lipinski definition) is 4. The third kappa shape index (κ3) is 2.32. The molecule has 1 aliphatic rings. The monoisotopic (exact) mass is 309 g/mol. The Morgan fingerprint density at radius 2 is 2.09 bits per heavy atom. The minimum Gasteiger partial charge on any atom is -0.476 e. The van der Waals surface area contributed by atoms with Crippen LogP contribution in [0.15, 0.2) is 41.1 Å². The van der Waals surface area contributed by atoms with Gasteiger partial charge in [0.2, 0.25) is 0 Å². The van der Waals surface area contributed by atoms with Crippen LogP contribution < -0.4 is 0 Å². The lowest BCUT2D eigenvalue weighted by Gasteiger charge is -2.14. The van der Waals surface area contributed by atoms with Crippen molar-refractivity contribution in [2.24, 2.45) is 0 Å². The summed E-state index contributed by atoms with van der Waals surface area (Å²) in [6.45, 7) is 0. The first-order valence-electron chi connectivity index (χ1n) is 7.59. The lowest BCUT2D eigenvalue weighted by atomic mass is 9.95. The Balaban J connectivity index is 1.85. The topological polar surface area (TPSA) is 81.1 Å². The zero-order valence-corrected chi connectivity index (χ0v) is 12.4. The van der Waals surface area contributed by atoms with Crippen LogP contribution in [0.2, 0.25) is 0 Å². The van der Waals surface area contributed by atoms with Crippen LogP contribution in [0.25, 0.3) is 16.9 Å². The summed E-state index contributed by atoms with van der Waals surface area (Å²) < 4.78 is 6.66. The SMILES string of the molecule is O=C(O)c1nn(-c2cccc(-c3ccon3)c2)c2c1CCCC2. The third-order valence-electron chi connectivity index (χ3n) is 4.21. The van der Waals surface area contributed by atoms with Crippen LogP contribution in [0, 0.1) is 0 Å². The van der Waals surface area contributed by atoms with Gasteiger partial charge in [-0.1, -0.05) is 17.3 Å². The molecule has 0 aliphatic heterocycles. The zero-order chi connectivity index (χ0) is 15.8. The van der Waals surface area contributed by atoms with Crippen LogP contribution in [0.1, 0.15) is 34.6 Å². The van der Waals surface area contributed by atoms with E-state index in [1.54, 1.807) is 10.7 Å². The number of fused-ring (bicyclic) bond motifs is 1. The number of rotatable bonds is 3. The predicted molar refractivity (Wildman–Crippen MR) is 82.7 cm³/mol. The Bertz CT molecular complexity index is 865. The van der Waals surface area contributed by atoms with Gasteiger partial charge in [-0.3, -0.25) is 0 Å². The molecule has 2 aromatic heterocycles. The molecule has 0 unspecified atom stereocenters. The summed E-state index contributed by atoms with van der Waals surface area (Å²) in [6.07, 6.45) is 5.22. The Morgan fingerprint density at radius 3 is 2.87 bits per heavy atom. The van der Waals surface area contributed by atoms with E-state index in [0.29, 0.717) is 0 Å². The molecule has 0 atom stereocenters. The number of carboxylic acid groups (broad SMARTS) is 1. The molecule has 0 radical (unpaired) electrons. The van der Waals surface area contributed by atoms with Crippen molar-refractivity contribution in [3.05, 3.63) is 53.5 Å². The highest BCUT2D eigenvalue weighted by molar-refractivity contribution is 5.87. The fraction of sp³-hybridized carbons (Fsp3) is 0.235. The van der Waals surface area contributed by atoms with Gasteiger partial charge in [0, 0.05) is 22.9 Å². The van der Waals surface area contributed by atoms with Gasteiger partial charge in [0.05, 0.1) is 5.69 Å². The molecular weight excluding hydrogens is 294 g/mol. The largest absolute Gasteiger partial charge is 0.476 e. The predicted octanol–water partition coefficient (Wildman–Crippen LogP) is 3.10. The smallest absolute Gasteiger partial charge is 0.356 e. The van der Waals surface area contributed by atoms with Gasteiger partial charge in [-0.2, -0.15) is 5.10 Å². The standard InChI is InChI=1S/C17H15N3O3/c21-17(22)16-13-6-1-2-7-15(13)20(18-16)12-5-3-4-11(10-12)14-8-9-23-19-14/h3-5,8-10H,1-2,6-7H2,(H,21,22). The van der Waals surface area contributed by atoms with Gasteiger partial charge in [0.1, 0.15) is 12.0 Å². The molecule has 0 fully saturated rings. The van der Waals surface area contributed by atoms with Gasteiger partial charge in [0.15, 0.2) is 5.69 Å². The van der Waals surface area contributed by atoms with Crippen molar-refractivity contribution in [2.45, 2.75) is 25.7 Å². The van der Waals surface area contributed by atoms with E-state index in [1.807, 2.05) is 24.3 Å². The number of carboxylic acids is 1. The molecule has 1 aliphatic carbocycles. The number of benzene rings is 1. The Labute approximate surface area is 132 Å². The molecule has 4 rings (SSSR count). The van der Waals surface area contributed by atoms with Crippen LogP contribution in [0.3, 0.4) is 0 Å². The molecule has 23 heavy (non-hydrogen) atoms. The molecule has 6 heteroatoms. The summed E-state index contributed by atoms with van der Waals surface area (Å²) in [5, 5.41) is 17.7. The van der Waals surface area contributed by atoms with Crippen LogP contribution >= 0.6 is 0 Å². The second kappa shape index (κ2) is 5.39. The van der Waals surface area contributed by atoms with E-state index in [2.05, 4.69) is 10.3 Å². The van der Waals surface area contributed by atoms with Crippen LogP contribution in [-0.2, 0) is 12.8 Å². The fourth-order valence-corrected chi connectivity index (χ4v) is 3.14. The highest BCUT2D eigenvalue weighted by atomic mass is 16.5. The maximum atomic E-state index is 11.5. The van der Waals surface area contributed by atoms with E-state index >= 15 is 0 Å². The lowest BCUT2D eigenvalue weighted by molar-refractivity contribution is 0.0688.